The minimum atomic E-state index is -2.72. The van der Waals surface area contributed by atoms with Gasteiger partial charge < -0.3 is 4.90 Å². The van der Waals surface area contributed by atoms with Crippen molar-refractivity contribution in [2.75, 3.05) is 7.05 Å². The molecule has 2 fully saturated rings. The smallest absolute Gasteiger partial charge is 0.320 e. The van der Waals surface area contributed by atoms with Gasteiger partial charge in [-0.15, -0.1) is 0 Å². The van der Waals surface area contributed by atoms with Crippen LogP contribution in [0.15, 0.2) is 24.3 Å². The van der Waals surface area contributed by atoms with Gasteiger partial charge >= 0.3 is 6.55 Å². The maximum atomic E-state index is 13.6. The highest BCUT2D eigenvalue weighted by Crippen LogP contribution is 2.40. The minimum Gasteiger partial charge on any atom is -0.338 e. The molecule has 2 saturated carbocycles. The van der Waals surface area contributed by atoms with Crippen molar-refractivity contribution in [2.45, 2.75) is 45.2 Å². The zero-order valence-electron chi connectivity index (χ0n) is 15.3. The number of carbonyl (C=O) groups is 2. The van der Waals surface area contributed by atoms with Crippen molar-refractivity contribution in [3.63, 3.8) is 0 Å². The first kappa shape index (κ1) is 18.1. The fraction of sp³-hybridized carbons (Fsp3) is 0.550. The highest BCUT2D eigenvalue weighted by molar-refractivity contribution is 5.88. The summed E-state index contributed by atoms with van der Waals surface area (Å²) in [5.41, 5.74) is 0.854. The van der Waals surface area contributed by atoms with E-state index in [1.54, 1.807) is 31.3 Å². The maximum Gasteiger partial charge on any atom is 0.320 e. The number of rotatable bonds is 4. The molecule has 27 heavy (non-hydrogen) atoms. The Morgan fingerprint density at radius 2 is 1.93 bits per heavy atom. The fourth-order valence-corrected chi connectivity index (χ4v) is 4.71. The predicted octanol–water partition coefficient (Wildman–Crippen LogP) is 3.79. The normalized spacial score (nSPS) is 25.2. The molecule has 7 heteroatoms. The molecule has 1 aromatic carbocycles. The molecule has 5 nitrogen and oxygen atoms in total. The Kier molecular flexibility index (Phi) is 4.70. The average Bonchev–Trinajstić information content (AvgIpc) is 2.98. The lowest BCUT2D eigenvalue weighted by Crippen LogP contribution is -2.43. The second kappa shape index (κ2) is 7.02. The topological polar surface area (TPSA) is 55.2 Å². The van der Waals surface area contributed by atoms with E-state index in [2.05, 4.69) is 4.98 Å². The first-order chi connectivity index (χ1) is 13.0. The molecule has 0 spiro atoms. The van der Waals surface area contributed by atoms with E-state index in [4.69, 9.17) is 0 Å². The Morgan fingerprint density at radius 1 is 1.26 bits per heavy atom. The van der Waals surface area contributed by atoms with Gasteiger partial charge in [-0.2, -0.15) is 8.78 Å². The van der Waals surface area contributed by atoms with E-state index in [1.165, 1.54) is 4.90 Å². The summed E-state index contributed by atoms with van der Waals surface area (Å²) < 4.78 is 28.0. The number of imidazole rings is 1. The van der Waals surface area contributed by atoms with Gasteiger partial charge in [0.25, 0.3) is 0 Å². The fourth-order valence-electron chi connectivity index (χ4n) is 4.71. The summed E-state index contributed by atoms with van der Waals surface area (Å²) in [5, 5.41) is 0. The molecule has 2 bridgehead atoms. The van der Waals surface area contributed by atoms with Crippen molar-refractivity contribution in [1.82, 2.24) is 14.5 Å². The average molecular weight is 375 g/mol. The van der Waals surface area contributed by atoms with Gasteiger partial charge in [0.15, 0.2) is 0 Å². The Labute approximate surface area is 156 Å². The third-order valence-electron chi connectivity index (χ3n) is 6.02. The van der Waals surface area contributed by atoms with Gasteiger partial charge in [0, 0.05) is 24.8 Å². The number of halogens is 2. The first-order valence-electron chi connectivity index (χ1n) is 9.48. The molecule has 0 aliphatic heterocycles. The molecule has 1 heterocycles. The molecule has 4 rings (SSSR count). The van der Waals surface area contributed by atoms with Gasteiger partial charge in [-0.05, 0) is 37.8 Å². The van der Waals surface area contributed by atoms with Crippen LogP contribution < -0.4 is 0 Å². The summed E-state index contributed by atoms with van der Waals surface area (Å²) in [6.45, 7) is -2.69. The number of ketones is 1. The predicted molar refractivity (Wildman–Crippen MR) is 96.0 cm³/mol. The van der Waals surface area contributed by atoms with Crippen LogP contribution in [0.3, 0.4) is 0 Å². The number of carbonyl (C=O) groups excluding carboxylic acids is 2. The largest absolute Gasteiger partial charge is 0.338 e. The number of benzene rings is 1. The van der Waals surface area contributed by atoms with Crippen molar-refractivity contribution in [2.24, 2.45) is 17.8 Å². The number of alkyl halides is 2. The van der Waals surface area contributed by atoms with E-state index >= 15 is 0 Å². The Balaban J connectivity index is 1.53. The van der Waals surface area contributed by atoms with Gasteiger partial charge in [0.05, 0.1) is 17.6 Å². The van der Waals surface area contributed by atoms with Crippen LogP contribution in [0.5, 0.6) is 0 Å². The van der Waals surface area contributed by atoms with Gasteiger partial charge in [0.1, 0.15) is 11.6 Å². The van der Waals surface area contributed by atoms with Crippen LogP contribution >= 0.6 is 0 Å². The van der Waals surface area contributed by atoms with Crippen LogP contribution in [0.2, 0.25) is 0 Å². The summed E-state index contributed by atoms with van der Waals surface area (Å²) in [6, 6.07) is 6.74. The number of amides is 1. The number of para-hydroxylation sites is 2. The van der Waals surface area contributed by atoms with Crippen LogP contribution in [-0.2, 0) is 16.1 Å². The van der Waals surface area contributed by atoms with Crippen molar-refractivity contribution >= 4 is 22.7 Å². The highest BCUT2D eigenvalue weighted by Gasteiger charge is 2.42. The molecule has 0 radical (unpaired) electrons. The molecule has 1 amide bonds. The van der Waals surface area contributed by atoms with Crippen molar-refractivity contribution in [3.05, 3.63) is 30.1 Å². The third kappa shape index (κ3) is 3.24. The molecule has 0 N–H and O–H groups in total. The Hall–Kier alpha value is -2.31. The summed E-state index contributed by atoms with van der Waals surface area (Å²) in [7, 11) is 1.63. The SMILES string of the molecule is CN(Cc1nc2ccccc2n1C(F)F)C(=O)C1C[C@H]2CCC[C@@H](C1)C2=O. The van der Waals surface area contributed by atoms with E-state index < -0.39 is 6.55 Å². The number of aromatic nitrogens is 2. The van der Waals surface area contributed by atoms with Crippen LogP contribution in [0.4, 0.5) is 8.78 Å². The monoisotopic (exact) mass is 375 g/mol. The molecule has 1 aromatic heterocycles. The lowest BCUT2D eigenvalue weighted by atomic mass is 9.67. The van der Waals surface area contributed by atoms with Gasteiger partial charge in [-0.1, -0.05) is 18.6 Å². The molecular formula is C20H23F2N3O2. The quantitative estimate of drug-likeness (QED) is 0.817. The molecule has 2 aromatic rings. The van der Waals surface area contributed by atoms with Crippen molar-refractivity contribution in [1.29, 1.82) is 0 Å². The van der Waals surface area contributed by atoms with Crippen LogP contribution in [0.1, 0.15) is 44.5 Å². The second-order valence-electron chi connectivity index (χ2n) is 7.75. The Bertz CT molecular complexity index is 863. The minimum absolute atomic E-state index is 0.00881. The van der Waals surface area contributed by atoms with Gasteiger partial charge in [0.2, 0.25) is 5.91 Å². The highest BCUT2D eigenvalue weighted by atomic mass is 19.3. The molecule has 0 saturated heterocycles. The maximum absolute atomic E-state index is 13.6. The van der Waals surface area contributed by atoms with E-state index in [0.717, 1.165) is 23.8 Å². The van der Waals surface area contributed by atoms with Crippen LogP contribution in [0.25, 0.3) is 11.0 Å². The zero-order valence-corrected chi connectivity index (χ0v) is 15.3. The zero-order chi connectivity index (χ0) is 19.1. The van der Waals surface area contributed by atoms with Crippen molar-refractivity contribution in [3.8, 4) is 0 Å². The van der Waals surface area contributed by atoms with E-state index in [9.17, 15) is 18.4 Å². The number of nitrogens with zero attached hydrogens (tertiary/aromatic N) is 3. The van der Waals surface area contributed by atoms with E-state index in [0.29, 0.717) is 29.7 Å². The van der Waals surface area contributed by atoms with E-state index in [-0.39, 0.29) is 36.0 Å². The second-order valence-corrected chi connectivity index (χ2v) is 7.75. The number of hydrogen-bond donors (Lipinski definition) is 0. The number of fused-ring (bicyclic) bond motifs is 3. The van der Waals surface area contributed by atoms with E-state index in [1.807, 2.05) is 0 Å². The summed E-state index contributed by atoms with van der Waals surface area (Å²) in [6.07, 6.45) is 3.96. The molecule has 3 atom stereocenters. The first-order valence-corrected chi connectivity index (χ1v) is 9.48. The lowest BCUT2D eigenvalue weighted by Gasteiger charge is -2.38. The third-order valence-corrected chi connectivity index (χ3v) is 6.02. The number of hydrogen-bond acceptors (Lipinski definition) is 3. The number of Topliss-reactive ketones (excluding diaryl/α,β-unsaturated/α-hetero) is 1. The van der Waals surface area contributed by atoms with Gasteiger partial charge in [-0.3, -0.25) is 14.2 Å². The molecule has 2 aliphatic carbocycles. The molecule has 144 valence electrons. The summed E-state index contributed by atoms with van der Waals surface area (Å²) in [5.74, 6) is 0.192. The lowest BCUT2D eigenvalue weighted by molar-refractivity contribution is -0.142. The van der Waals surface area contributed by atoms with Crippen LogP contribution in [0, 0.1) is 17.8 Å². The summed E-state index contributed by atoms with van der Waals surface area (Å²) >= 11 is 0. The molecule has 1 unspecified atom stereocenters. The standard InChI is InChI=1S/C20H23F2N3O2/c1-24(19(27)14-9-12-5-4-6-13(10-14)18(12)26)11-17-23-15-7-2-3-8-16(15)25(17)20(21)22/h2-3,7-8,12-14,20H,4-6,9-11H2,1H3/t12-,13+,14?. The molecular weight excluding hydrogens is 352 g/mol. The summed E-state index contributed by atoms with van der Waals surface area (Å²) in [4.78, 5) is 30.9. The van der Waals surface area contributed by atoms with Gasteiger partial charge in [-0.25, -0.2) is 4.98 Å². The Morgan fingerprint density at radius 3 is 2.59 bits per heavy atom. The van der Waals surface area contributed by atoms with Crippen LogP contribution in [-0.4, -0.2) is 33.2 Å². The van der Waals surface area contributed by atoms with Crippen molar-refractivity contribution < 1.29 is 18.4 Å². The molecule has 2 aliphatic rings.